The minimum Gasteiger partial charge on any atom is -0.337 e. The van der Waals surface area contributed by atoms with Gasteiger partial charge in [0.15, 0.2) is 0 Å². The minimum atomic E-state index is 0.107. The molecule has 0 aliphatic carbocycles. The molecule has 92 valence electrons. The van der Waals surface area contributed by atoms with Gasteiger partial charge in [-0.2, -0.15) is 16.3 Å². The Bertz CT molecular complexity index is 478. The van der Waals surface area contributed by atoms with Gasteiger partial charge in [0.1, 0.15) is 0 Å². The molecule has 0 aromatic carbocycles. The fourth-order valence-electron chi connectivity index (χ4n) is 1.56. The molecule has 1 unspecified atom stereocenters. The van der Waals surface area contributed by atoms with Crippen LogP contribution in [0.15, 0.2) is 15.3 Å². The fraction of sp³-hybridized carbons (Fsp3) is 0.500. The van der Waals surface area contributed by atoms with E-state index in [2.05, 4.69) is 34.7 Å². The highest BCUT2D eigenvalue weighted by atomic mass is 32.1. The van der Waals surface area contributed by atoms with Gasteiger partial charge in [-0.15, -0.1) is 0 Å². The Hall–Kier alpha value is -1.20. The van der Waals surface area contributed by atoms with E-state index >= 15 is 0 Å². The van der Waals surface area contributed by atoms with Crippen LogP contribution in [0.4, 0.5) is 0 Å². The summed E-state index contributed by atoms with van der Waals surface area (Å²) in [7, 11) is 0. The Balaban J connectivity index is 2.13. The highest BCUT2D eigenvalue weighted by Gasteiger charge is 2.15. The Kier molecular flexibility index (Phi) is 3.91. The van der Waals surface area contributed by atoms with Gasteiger partial charge in [0.25, 0.3) is 0 Å². The van der Waals surface area contributed by atoms with E-state index in [1.165, 1.54) is 5.56 Å². The van der Waals surface area contributed by atoms with E-state index in [0.29, 0.717) is 11.7 Å². The number of hydrogen-bond donors (Lipinski definition) is 1. The van der Waals surface area contributed by atoms with Crippen molar-refractivity contribution in [2.45, 2.75) is 33.2 Å². The van der Waals surface area contributed by atoms with E-state index in [-0.39, 0.29) is 6.04 Å². The van der Waals surface area contributed by atoms with Crippen molar-refractivity contribution in [3.63, 3.8) is 0 Å². The molecule has 0 spiro atoms. The number of aromatic nitrogens is 2. The first-order valence-corrected chi connectivity index (χ1v) is 6.76. The van der Waals surface area contributed by atoms with Crippen LogP contribution in [0, 0.1) is 6.92 Å². The lowest BCUT2D eigenvalue weighted by atomic mass is 10.2. The van der Waals surface area contributed by atoms with E-state index in [1.807, 2.05) is 12.3 Å². The first kappa shape index (κ1) is 12.3. The molecule has 1 atom stereocenters. The van der Waals surface area contributed by atoms with Gasteiger partial charge in [0, 0.05) is 10.9 Å². The predicted molar refractivity (Wildman–Crippen MR) is 69.1 cm³/mol. The first-order chi connectivity index (χ1) is 8.22. The SMILES string of the molecule is CCCNC(C)c1nc(-c2cscc2C)no1. The summed E-state index contributed by atoms with van der Waals surface area (Å²) >= 11 is 1.66. The molecule has 2 heterocycles. The van der Waals surface area contributed by atoms with Crippen molar-refractivity contribution in [2.75, 3.05) is 6.54 Å². The maximum atomic E-state index is 5.28. The third-order valence-electron chi connectivity index (χ3n) is 2.61. The van der Waals surface area contributed by atoms with Crippen LogP contribution in [0.5, 0.6) is 0 Å². The van der Waals surface area contributed by atoms with Gasteiger partial charge in [-0.1, -0.05) is 12.1 Å². The molecule has 5 heteroatoms. The van der Waals surface area contributed by atoms with Crippen LogP contribution in [-0.2, 0) is 0 Å². The molecule has 0 aliphatic rings. The summed E-state index contributed by atoms with van der Waals surface area (Å²) in [5.41, 5.74) is 2.25. The summed E-state index contributed by atoms with van der Waals surface area (Å²) in [5, 5.41) is 11.5. The van der Waals surface area contributed by atoms with Crippen molar-refractivity contribution in [1.29, 1.82) is 0 Å². The van der Waals surface area contributed by atoms with Gasteiger partial charge >= 0.3 is 0 Å². The summed E-state index contributed by atoms with van der Waals surface area (Å²) < 4.78 is 5.28. The maximum Gasteiger partial charge on any atom is 0.243 e. The monoisotopic (exact) mass is 251 g/mol. The molecule has 0 radical (unpaired) electrons. The zero-order valence-corrected chi connectivity index (χ0v) is 11.2. The van der Waals surface area contributed by atoms with Gasteiger partial charge in [-0.25, -0.2) is 0 Å². The van der Waals surface area contributed by atoms with Crippen molar-refractivity contribution in [3.8, 4) is 11.4 Å². The largest absolute Gasteiger partial charge is 0.337 e. The molecule has 0 bridgehead atoms. The van der Waals surface area contributed by atoms with Gasteiger partial charge in [-0.05, 0) is 37.8 Å². The second-order valence-electron chi connectivity index (χ2n) is 4.10. The Morgan fingerprint density at radius 1 is 1.47 bits per heavy atom. The molecule has 0 amide bonds. The zero-order valence-electron chi connectivity index (χ0n) is 10.4. The van der Waals surface area contributed by atoms with E-state index in [4.69, 9.17) is 4.52 Å². The fourth-order valence-corrected chi connectivity index (χ4v) is 2.38. The molecule has 4 nitrogen and oxygen atoms in total. The Morgan fingerprint density at radius 2 is 2.29 bits per heavy atom. The molecular formula is C12H17N3OS. The lowest BCUT2D eigenvalue weighted by molar-refractivity contribution is 0.340. The Labute approximate surface area is 105 Å². The van der Waals surface area contributed by atoms with E-state index in [1.54, 1.807) is 11.3 Å². The number of rotatable bonds is 5. The molecule has 17 heavy (non-hydrogen) atoms. The number of aryl methyl sites for hydroxylation is 1. The molecule has 2 aromatic rings. The molecule has 2 rings (SSSR count). The molecule has 0 saturated heterocycles. The molecule has 1 N–H and O–H groups in total. The summed E-state index contributed by atoms with van der Waals surface area (Å²) in [5.74, 6) is 1.34. The third kappa shape index (κ3) is 2.73. The highest BCUT2D eigenvalue weighted by Crippen LogP contribution is 2.25. The van der Waals surface area contributed by atoms with Gasteiger partial charge in [-0.3, -0.25) is 0 Å². The Morgan fingerprint density at radius 3 is 2.94 bits per heavy atom. The van der Waals surface area contributed by atoms with Crippen molar-refractivity contribution < 1.29 is 4.52 Å². The number of nitrogens with zero attached hydrogens (tertiary/aromatic N) is 2. The lowest BCUT2D eigenvalue weighted by Gasteiger charge is -2.06. The molecule has 0 aliphatic heterocycles. The molecule has 2 aromatic heterocycles. The quantitative estimate of drug-likeness (QED) is 0.886. The second-order valence-corrected chi connectivity index (χ2v) is 4.84. The van der Waals surface area contributed by atoms with Crippen LogP contribution in [0.2, 0.25) is 0 Å². The van der Waals surface area contributed by atoms with Crippen LogP contribution >= 0.6 is 11.3 Å². The van der Waals surface area contributed by atoms with Crippen molar-refractivity contribution in [1.82, 2.24) is 15.5 Å². The van der Waals surface area contributed by atoms with Crippen molar-refractivity contribution in [2.24, 2.45) is 0 Å². The average molecular weight is 251 g/mol. The minimum absolute atomic E-state index is 0.107. The average Bonchev–Trinajstić information content (AvgIpc) is 2.93. The van der Waals surface area contributed by atoms with E-state index < -0.39 is 0 Å². The standard InChI is InChI=1S/C12H17N3OS/c1-4-5-13-9(3)12-14-11(15-16-12)10-7-17-6-8(10)2/h6-7,9,13H,4-5H2,1-3H3. The smallest absolute Gasteiger partial charge is 0.243 e. The highest BCUT2D eigenvalue weighted by molar-refractivity contribution is 7.08. The summed E-state index contributed by atoms with van der Waals surface area (Å²) in [4.78, 5) is 4.43. The van der Waals surface area contributed by atoms with Gasteiger partial charge < -0.3 is 9.84 Å². The predicted octanol–water partition coefficient (Wildman–Crippen LogP) is 3.17. The maximum absolute atomic E-state index is 5.28. The summed E-state index contributed by atoms with van der Waals surface area (Å²) in [6.07, 6.45) is 1.09. The van der Waals surface area contributed by atoms with E-state index in [9.17, 15) is 0 Å². The molecule has 0 fully saturated rings. The lowest BCUT2D eigenvalue weighted by Crippen LogP contribution is -2.19. The normalized spacial score (nSPS) is 12.9. The van der Waals surface area contributed by atoms with Crippen LogP contribution in [0.3, 0.4) is 0 Å². The van der Waals surface area contributed by atoms with Crippen LogP contribution < -0.4 is 5.32 Å². The topological polar surface area (TPSA) is 51.0 Å². The number of thiophene rings is 1. The van der Waals surface area contributed by atoms with Crippen LogP contribution in [0.25, 0.3) is 11.4 Å². The van der Waals surface area contributed by atoms with Crippen molar-refractivity contribution in [3.05, 3.63) is 22.2 Å². The first-order valence-electron chi connectivity index (χ1n) is 5.82. The van der Waals surface area contributed by atoms with Gasteiger partial charge in [0.05, 0.1) is 6.04 Å². The van der Waals surface area contributed by atoms with Crippen LogP contribution in [0.1, 0.15) is 37.8 Å². The second kappa shape index (κ2) is 5.42. The zero-order chi connectivity index (χ0) is 12.3. The molecule has 0 saturated carbocycles. The summed E-state index contributed by atoms with van der Waals surface area (Å²) in [6, 6.07) is 0.107. The molecular weight excluding hydrogens is 234 g/mol. The number of nitrogens with one attached hydrogen (secondary N) is 1. The van der Waals surface area contributed by atoms with E-state index in [0.717, 1.165) is 18.5 Å². The van der Waals surface area contributed by atoms with Gasteiger partial charge in [0.2, 0.25) is 11.7 Å². The van der Waals surface area contributed by atoms with Crippen molar-refractivity contribution >= 4 is 11.3 Å². The van der Waals surface area contributed by atoms with Crippen LogP contribution in [-0.4, -0.2) is 16.7 Å². The third-order valence-corrected chi connectivity index (χ3v) is 3.47. The number of hydrogen-bond acceptors (Lipinski definition) is 5. The summed E-state index contributed by atoms with van der Waals surface area (Å²) in [6.45, 7) is 7.18.